The van der Waals surface area contributed by atoms with Gasteiger partial charge in [-0.3, -0.25) is 14.8 Å². The van der Waals surface area contributed by atoms with Gasteiger partial charge in [-0.2, -0.15) is 5.10 Å². The van der Waals surface area contributed by atoms with E-state index in [9.17, 15) is 4.79 Å². The Morgan fingerprint density at radius 2 is 1.90 bits per heavy atom. The molecule has 0 bridgehead atoms. The number of carbonyl (C=O) groups excluding carboxylic acids is 1. The Balaban J connectivity index is 1.98. The van der Waals surface area contributed by atoms with E-state index in [-0.39, 0.29) is 5.91 Å². The highest BCUT2D eigenvalue weighted by Crippen LogP contribution is 2.19. The van der Waals surface area contributed by atoms with Crippen LogP contribution in [0, 0.1) is 13.8 Å². The van der Waals surface area contributed by atoms with Crippen molar-refractivity contribution in [2.24, 2.45) is 14.1 Å². The number of aromatic nitrogens is 4. The van der Waals surface area contributed by atoms with E-state index in [0.717, 1.165) is 16.7 Å². The number of fused-ring (bicyclic) bond motifs is 1. The van der Waals surface area contributed by atoms with Gasteiger partial charge in [0.05, 0.1) is 22.3 Å². The summed E-state index contributed by atoms with van der Waals surface area (Å²) in [6.07, 6.45) is 0. The molecule has 1 amide bonds. The number of nitrogens with one attached hydrogen (secondary N) is 1. The number of hydrogen-bond donors (Lipinski definition) is 1. The molecule has 21 heavy (non-hydrogen) atoms. The minimum Gasteiger partial charge on any atom is -0.313 e. The van der Waals surface area contributed by atoms with Gasteiger partial charge in [0.1, 0.15) is 0 Å². The molecule has 6 nitrogen and oxygen atoms in total. The van der Waals surface area contributed by atoms with Gasteiger partial charge in [0.15, 0.2) is 0 Å². The van der Waals surface area contributed by atoms with Gasteiger partial charge in [0, 0.05) is 19.8 Å². The maximum absolute atomic E-state index is 12.5. The molecule has 0 atom stereocenters. The highest BCUT2D eigenvalue weighted by Gasteiger charge is 2.19. The molecule has 0 aliphatic heterocycles. The molecule has 0 fully saturated rings. The van der Waals surface area contributed by atoms with Crippen molar-refractivity contribution in [3.63, 3.8) is 0 Å². The standard InChI is InChI=1S/C15H17N5O/c1-9-13(10(2)20(4)18-9)14(21)17-15-16-11-7-5-6-8-12(11)19(15)3/h5-8H,1-4H3,(H,16,17,21). The van der Waals surface area contributed by atoms with E-state index in [0.29, 0.717) is 17.2 Å². The maximum Gasteiger partial charge on any atom is 0.261 e. The van der Waals surface area contributed by atoms with Crippen LogP contribution < -0.4 is 5.32 Å². The van der Waals surface area contributed by atoms with Crippen LogP contribution >= 0.6 is 0 Å². The molecule has 108 valence electrons. The van der Waals surface area contributed by atoms with Crippen LogP contribution in [0.2, 0.25) is 0 Å². The summed E-state index contributed by atoms with van der Waals surface area (Å²) in [5.74, 6) is 0.348. The van der Waals surface area contributed by atoms with Crippen molar-refractivity contribution < 1.29 is 4.79 Å². The lowest BCUT2D eigenvalue weighted by Crippen LogP contribution is -2.16. The van der Waals surface area contributed by atoms with Crippen molar-refractivity contribution in [3.8, 4) is 0 Å². The summed E-state index contributed by atoms with van der Waals surface area (Å²) >= 11 is 0. The Kier molecular flexibility index (Phi) is 3.01. The molecular weight excluding hydrogens is 266 g/mol. The van der Waals surface area contributed by atoms with E-state index in [2.05, 4.69) is 15.4 Å². The number of para-hydroxylation sites is 2. The predicted octanol–water partition coefficient (Wildman–Crippen LogP) is 2.18. The van der Waals surface area contributed by atoms with Gasteiger partial charge in [-0.1, -0.05) is 12.1 Å². The minimum absolute atomic E-state index is 0.184. The number of nitrogens with zero attached hydrogens (tertiary/aromatic N) is 4. The Bertz CT molecular complexity index is 843. The van der Waals surface area contributed by atoms with Crippen LogP contribution in [0.25, 0.3) is 11.0 Å². The van der Waals surface area contributed by atoms with Crippen molar-refractivity contribution in [3.05, 3.63) is 41.2 Å². The van der Waals surface area contributed by atoms with Gasteiger partial charge >= 0.3 is 0 Å². The summed E-state index contributed by atoms with van der Waals surface area (Å²) in [5.41, 5.74) is 3.99. The van der Waals surface area contributed by atoms with Gasteiger partial charge < -0.3 is 4.57 Å². The molecule has 0 aliphatic carbocycles. The van der Waals surface area contributed by atoms with Crippen LogP contribution in [0.1, 0.15) is 21.7 Å². The number of amides is 1. The molecular formula is C15H17N5O. The third-order valence-corrected chi connectivity index (χ3v) is 3.75. The minimum atomic E-state index is -0.184. The molecule has 1 aromatic carbocycles. The van der Waals surface area contributed by atoms with E-state index < -0.39 is 0 Å². The SMILES string of the molecule is Cc1nn(C)c(C)c1C(=O)Nc1nc2ccccc2n1C. The van der Waals surface area contributed by atoms with Crippen LogP contribution in [0.15, 0.2) is 24.3 Å². The van der Waals surface area contributed by atoms with Crippen molar-refractivity contribution in [2.75, 3.05) is 5.32 Å². The van der Waals surface area contributed by atoms with Crippen LogP contribution in [0.5, 0.6) is 0 Å². The van der Waals surface area contributed by atoms with Crippen LogP contribution in [-0.4, -0.2) is 25.2 Å². The molecule has 0 saturated carbocycles. The summed E-state index contributed by atoms with van der Waals surface area (Å²) in [7, 11) is 3.71. The fourth-order valence-corrected chi connectivity index (χ4v) is 2.52. The summed E-state index contributed by atoms with van der Waals surface area (Å²) < 4.78 is 3.58. The first-order chi connectivity index (χ1) is 9.99. The van der Waals surface area contributed by atoms with Crippen molar-refractivity contribution in [2.45, 2.75) is 13.8 Å². The Labute approximate surface area is 122 Å². The number of benzene rings is 1. The molecule has 0 aliphatic rings. The predicted molar refractivity (Wildman–Crippen MR) is 81.3 cm³/mol. The zero-order valence-corrected chi connectivity index (χ0v) is 12.5. The molecule has 0 radical (unpaired) electrons. The van der Waals surface area contributed by atoms with Gasteiger partial charge in [0.25, 0.3) is 5.91 Å². The number of carbonyl (C=O) groups is 1. The lowest BCUT2D eigenvalue weighted by molar-refractivity contribution is 0.102. The monoisotopic (exact) mass is 283 g/mol. The van der Waals surface area contributed by atoms with Crippen LogP contribution in [-0.2, 0) is 14.1 Å². The summed E-state index contributed by atoms with van der Waals surface area (Å²) in [6.45, 7) is 3.71. The fraction of sp³-hybridized carbons (Fsp3) is 0.267. The largest absolute Gasteiger partial charge is 0.313 e. The highest BCUT2D eigenvalue weighted by atomic mass is 16.1. The van der Waals surface area contributed by atoms with E-state index >= 15 is 0 Å². The molecule has 3 rings (SSSR count). The summed E-state index contributed by atoms with van der Waals surface area (Å²) in [4.78, 5) is 16.9. The van der Waals surface area contributed by atoms with E-state index in [1.165, 1.54) is 0 Å². The van der Waals surface area contributed by atoms with Crippen molar-refractivity contribution in [1.82, 2.24) is 19.3 Å². The molecule has 0 unspecified atom stereocenters. The molecule has 0 saturated heterocycles. The molecule has 2 aromatic heterocycles. The van der Waals surface area contributed by atoms with Crippen LogP contribution in [0.4, 0.5) is 5.95 Å². The van der Waals surface area contributed by atoms with E-state index in [1.54, 1.807) is 4.68 Å². The molecule has 1 N–H and O–H groups in total. The zero-order chi connectivity index (χ0) is 15.1. The Hall–Kier alpha value is -2.63. The first-order valence-corrected chi connectivity index (χ1v) is 6.72. The molecule has 6 heteroatoms. The number of hydrogen-bond acceptors (Lipinski definition) is 3. The topological polar surface area (TPSA) is 64.7 Å². The lowest BCUT2D eigenvalue weighted by Gasteiger charge is -2.05. The second kappa shape index (κ2) is 4.73. The fourth-order valence-electron chi connectivity index (χ4n) is 2.52. The lowest BCUT2D eigenvalue weighted by atomic mass is 10.2. The first kappa shape index (κ1) is 13.4. The van der Waals surface area contributed by atoms with E-state index in [4.69, 9.17) is 0 Å². The first-order valence-electron chi connectivity index (χ1n) is 6.72. The highest BCUT2D eigenvalue weighted by molar-refractivity contribution is 6.05. The van der Waals surface area contributed by atoms with Crippen molar-refractivity contribution in [1.29, 1.82) is 0 Å². The number of aryl methyl sites for hydroxylation is 3. The maximum atomic E-state index is 12.5. The van der Waals surface area contributed by atoms with Crippen LogP contribution in [0.3, 0.4) is 0 Å². The number of rotatable bonds is 2. The average Bonchev–Trinajstić information content (AvgIpc) is 2.88. The average molecular weight is 283 g/mol. The summed E-state index contributed by atoms with van der Waals surface area (Å²) in [6, 6.07) is 7.77. The molecule has 3 aromatic rings. The van der Waals surface area contributed by atoms with Crippen molar-refractivity contribution >= 4 is 22.9 Å². The Morgan fingerprint density at radius 1 is 1.19 bits per heavy atom. The quantitative estimate of drug-likeness (QED) is 0.784. The second-order valence-corrected chi connectivity index (χ2v) is 5.11. The Morgan fingerprint density at radius 3 is 2.52 bits per heavy atom. The van der Waals surface area contributed by atoms with E-state index in [1.807, 2.05) is 56.8 Å². The molecule has 0 spiro atoms. The molecule has 2 heterocycles. The second-order valence-electron chi connectivity index (χ2n) is 5.11. The number of imidazole rings is 1. The smallest absolute Gasteiger partial charge is 0.261 e. The number of anilines is 1. The zero-order valence-electron chi connectivity index (χ0n) is 12.5. The van der Waals surface area contributed by atoms with Gasteiger partial charge in [-0.15, -0.1) is 0 Å². The normalized spacial score (nSPS) is 11.0. The van der Waals surface area contributed by atoms with Gasteiger partial charge in [-0.25, -0.2) is 4.98 Å². The third kappa shape index (κ3) is 2.08. The van der Waals surface area contributed by atoms with Gasteiger partial charge in [0.2, 0.25) is 5.95 Å². The summed E-state index contributed by atoms with van der Waals surface area (Å²) in [5, 5.41) is 7.14. The van der Waals surface area contributed by atoms with Gasteiger partial charge in [-0.05, 0) is 26.0 Å². The third-order valence-electron chi connectivity index (χ3n) is 3.75.